The Kier molecular flexibility index (Phi) is 14.0. The molecule has 8 nitrogen and oxygen atoms in total. The van der Waals surface area contributed by atoms with E-state index < -0.39 is 11.9 Å². The van der Waals surface area contributed by atoms with Crippen molar-refractivity contribution in [1.82, 2.24) is 29.1 Å². The van der Waals surface area contributed by atoms with E-state index in [4.69, 9.17) is 19.4 Å². The third-order valence-corrected chi connectivity index (χ3v) is 13.7. The van der Waals surface area contributed by atoms with Crippen LogP contribution in [0.4, 0.5) is 8.78 Å². The van der Waals surface area contributed by atoms with Gasteiger partial charge in [0.1, 0.15) is 11.6 Å². The first-order valence-electron chi connectivity index (χ1n) is 21.3. The van der Waals surface area contributed by atoms with E-state index in [0.29, 0.717) is 24.0 Å². The average molecular weight is 855 g/mol. The topological polar surface area (TPSA) is 79.9 Å². The van der Waals surface area contributed by atoms with Crippen LogP contribution in [0.15, 0.2) is 92.6 Å². The highest BCUT2D eigenvalue weighted by Gasteiger charge is 2.29. The lowest BCUT2D eigenvalue weighted by Crippen LogP contribution is -2.26. The standard InChI is InChI=1S/2C24H30FN3OS/c2*1-24(2,3)23-27-20-13-18(30-19-11-12-26-22(25)14-19)9-10-21(20)28(23)15-16-5-7-17(29-4)8-6-16/h2*9-14,16-17H,5-8,15H2,1-4H3. The molecule has 0 aliphatic heterocycles. The summed E-state index contributed by atoms with van der Waals surface area (Å²) in [6, 6.07) is 19.4. The van der Waals surface area contributed by atoms with Crippen LogP contribution in [-0.4, -0.2) is 55.5 Å². The van der Waals surface area contributed by atoms with Gasteiger partial charge in [-0.2, -0.15) is 8.78 Å². The van der Waals surface area contributed by atoms with Crippen molar-refractivity contribution >= 4 is 45.6 Å². The molecule has 0 amide bonds. The molecule has 0 N–H and O–H groups in total. The Bertz CT molecular complexity index is 2200. The number of nitrogens with zero attached hydrogens (tertiary/aromatic N) is 6. The van der Waals surface area contributed by atoms with Gasteiger partial charge in [0.25, 0.3) is 0 Å². The van der Waals surface area contributed by atoms with Crippen LogP contribution in [-0.2, 0) is 33.4 Å². The Labute approximate surface area is 362 Å². The fourth-order valence-corrected chi connectivity index (χ4v) is 10.4. The number of methoxy groups -OCH3 is 2. The zero-order valence-electron chi connectivity index (χ0n) is 36.4. The molecule has 320 valence electrons. The molecule has 0 atom stereocenters. The fraction of sp³-hybridized carbons (Fsp3) is 0.500. The van der Waals surface area contributed by atoms with Gasteiger partial charge in [0, 0.05) is 82.2 Å². The van der Waals surface area contributed by atoms with Gasteiger partial charge in [-0.3, -0.25) is 0 Å². The van der Waals surface area contributed by atoms with Gasteiger partial charge in [0.05, 0.1) is 34.3 Å². The fourth-order valence-electron chi connectivity index (χ4n) is 8.65. The Hall–Kier alpha value is -3.84. The summed E-state index contributed by atoms with van der Waals surface area (Å²) in [6.45, 7) is 15.3. The molecule has 4 heterocycles. The number of pyridine rings is 2. The first-order valence-corrected chi connectivity index (χ1v) is 23.0. The second-order valence-corrected chi connectivity index (χ2v) is 20.8. The van der Waals surface area contributed by atoms with Crippen LogP contribution in [0.1, 0.15) is 105 Å². The lowest BCUT2D eigenvalue weighted by Gasteiger charge is -2.29. The first kappa shape index (κ1) is 44.2. The molecule has 0 spiro atoms. The predicted octanol–water partition coefficient (Wildman–Crippen LogP) is 12.4. The molecule has 60 heavy (non-hydrogen) atoms. The van der Waals surface area contributed by atoms with Gasteiger partial charge in [-0.25, -0.2) is 19.9 Å². The Morgan fingerprint density at radius 1 is 0.550 bits per heavy atom. The van der Waals surface area contributed by atoms with Gasteiger partial charge in [0.15, 0.2) is 0 Å². The largest absolute Gasteiger partial charge is 0.381 e. The van der Waals surface area contributed by atoms with Crippen molar-refractivity contribution in [3.63, 3.8) is 0 Å². The van der Waals surface area contributed by atoms with Crippen LogP contribution < -0.4 is 0 Å². The van der Waals surface area contributed by atoms with Crippen molar-refractivity contribution in [2.75, 3.05) is 14.2 Å². The van der Waals surface area contributed by atoms with E-state index in [2.05, 4.69) is 97.0 Å². The lowest BCUT2D eigenvalue weighted by molar-refractivity contribution is 0.0541. The Morgan fingerprint density at radius 2 is 0.917 bits per heavy atom. The molecule has 2 aliphatic rings. The minimum absolute atomic E-state index is 0.0374. The van der Waals surface area contributed by atoms with E-state index in [9.17, 15) is 8.78 Å². The summed E-state index contributed by atoms with van der Waals surface area (Å²) in [6.07, 6.45) is 13.2. The van der Waals surface area contributed by atoms with Crippen LogP contribution >= 0.6 is 23.5 Å². The maximum atomic E-state index is 13.4. The number of fused-ring (bicyclic) bond motifs is 2. The third-order valence-electron chi connectivity index (χ3n) is 11.8. The monoisotopic (exact) mass is 854 g/mol. The maximum absolute atomic E-state index is 13.4. The normalized spacial score (nSPS) is 20.0. The van der Waals surface area contributed by atoms with Gasteiger partial charge < -0.3 is 18.6 Å². The number of ether oxygens (including phenoxy) is 2. The van der Waals surface area contributed by atoms with Crippen molar-refractivity contribution in [3.8, 4) is 0 Å². The SMILES string of the molecule is COC1CCC(Cn2c(C(C)(C)C)nc3cc(Sc4ccnc(F)c4)ccc32)CC1.COC1CCC(Cn2c(C(C)(C)C)nc3cc(Sc4ccnc(F)c4)ccc32)CC1. The molecule has 2 aliphatic carbocycles. The summed E-state index contributed by atoms with van der Waals surface area (Å²) in [4.78, 5) is 21.1. The summed E-state index contributed by atoms with van der Waals surface area (Å²) in [7, 11) is 3.64. The van der Waals surface area contributed by atoms with E-state index in [1.165, 1.54) is 84.8 Å². The molecule has 4 aromatic heterocycles. The van der Waals surface area contributed by atoms with Gasteiger partial charge in [-0.05, 0) is 112 Å². The van der Waals surface area contributed by atoms with E-state index in [1.807, 2.05) is 26.4 Å². The van der Waals surface area contributed by atoms with Gasteiger partial charge in [-0.15, -0.1) is 0 Å². The van der Waals surface area contributed by atoms with Crippen LogP contribution in [0, 0.1) is 23.7 Å². The summed E-state index contributed by atoms with van der Waals surface area (Å²) in [5.41, 5.74) is 4.29. The minimum atomic E-state index is -0.455. The summed E-state index contributed by atoms with van der Waals surface area (Å²) < 4.78 is 42.8. The smallest absolute Gasteiger partial charge is 0.213 e. The Balaban J connectivity index is 0.000000181. The van der Waals surface area contributed by atoms with Gasteiger partial charge in [-0.1, -0.05) is 65.1 Å². The summed E-state index contributed by atoms with van der Waals surface area (Å²) in [5, 5.41) is 0. The number of hydrogen-bond acceptors (Lipinski definition) is 8. The van der Waals surface area contributed by atoms with Crippen LogP contribution in [0.25, 0.3) is 22.1 Å². The highest BCUT2D eigenvalue weighted by Crippen LogP contribution is 2.37. The first-order chi connectivity index (χ1) is 28.7. The van der Waals surface area contributed by atoms with Crippen LogP contribution in [0.2, 0.25) is 0 Å². The second kappa shape index (κ2) is 19.1. The van der Waals surface area contributed by atoms with Gasteiger partial charge >= 0.3 is 0 Å². The van der Waals surface area contributed by atoms with Crippen molar-refractivity contribution < 1.29 is 18.3 Å². The predicted molar refractivity (Wildman–Crippen MR) is 239 cm³/mol. The highest BCUT2D eigenvalue weighted by atomic mass is 32.2. The molecule has 8 rings (SSSR count). The van der Waals surface area contributed by atoms with Crippen LogP contribution in [0.3, 0.4) is 0 Å². The molecular weight excluding hydrogens is 795 g/mol. The minimum Gasteiger partial charge on any atom is -0.381 e. The van der Waals surface area contributed by atoms with Crippen molar-refractivity contribution in [2.45, 2.75) is 149 Å². The van der Waals surface area contributed by atoms with E-state index in [-0.39, 0.29) is 10.8 Å². The van der Waals surface area contributed by atoms with Crippen molar-refractivity contribution in [2.24, 2.45) is 11.8 Å². The van der Waals surface area contributed by atoms with Crippen molar-refractivity contribution in [1.29, 1.82) is 0 Å². The molecule has 2 saturated carbocycles. The summed E-state index contributed by atoms with van der Waals surface area (Å²) in [5.74, 6) is 2.66. The molecule has 2 fully saturated rings. The molecule has 0 bridgehead atoms. The number of benzene rings is 2. The zero-order valence-corrected chi connectivity index (χ0v) is 38.0. The van der Waals surface area contributed by atoms with Crippen molar-refractivity contribution in [3.05, 3.63) is 96.6 Å². The third kappa shape index (κ3) is 11.0. The quantitative estimate of drug-likeness (QED) is 0.126. The Morgan fingerprint density at radius 3 is 1.25 bits per heavy atom. The average Bonchev–Trinajstić information content (AvgIpc) is 3.77. The molecule has 12 heteroatoms. The number of aromatic nitrogens is 6. The zero-order chi connectivity index (χ0) is 42.6. The molecule has 0 unspecified atom stereocenters. The van der Waals surface area contributed by atoms with E-state index in [0.717, 1.165) is 81.0 Å². The maximum Gasteiger partial charge on any atom is 0.213 e. The number of halogens is 2. The molecule has 6 aromatic rings. The van der Waals surface area contributed by atoms with E-state index in [1.54, 1.807) is 0 Å². The highest BCUT2D eigenvalue weighted by molar-refractivity contribution is 7.99. The molecular formula is C48H60F2N6O2S2. The lowest BCUT2D eigenvalue weighted by atomic mass is 9.87. The number of imidazole rings is 2. The van der Waals surface area contributed by atoms with Gasteiger partial charge in [0.2, 0.25) is 11.9 Å². The molecule has 2 aromatic carbocycles. The molecule has 0 radical (unpaired) electrons. The van der Waals surface area contributed by atoms with E-state index >= 15 is 0 Å². The number of hydrogen-bond donors (Lipinski definition) is 0. The number of rotatable bonds is 10. The summed E-state index contributed by atoms with van der Waals surface area (Å²) >= 11 is 3.07. The second-order valence-electron chi connectivity index (χ2n) is 18.5. The molecule has 0 saturated heterocycles. The van der Waals surface area contributed by atoms with Crippen LogP contribution in [0.5, 0.6) is 0 Å².